The van der Waals surface area contributed by atoms with Gasteiger partial charge in [0.15, 0.2) is 6.29 Å². The third kappa shape index (κ3) is 7.52. The Balaban J connectivity index is 2.16. The molecule has 2 nitrogen and oxygen atoms in total. The monoisotopic (exact) mass is 254 g/mol. The van der Waals surface area contributed by atoms with Gasteiger partial charge in [-0.15, -0.1) is 0 Å². The zero-order valence-corrected chi connectivity index (χ0v) is 12.5. The molecule has 0 amide bonds. The molecule has 1 unspecified atom stereocenters. The van der Waals surface area contributed by atoms with Crippen LogP contribution in [0.1, 0.15) is 19.3 Å². The molecule has 98 valence electrons. The molecule has 0 aliphatic carbocycles. The van der Waals surface area contributed by atoms with Gasteiger partial charge in [0.05, 0.1) is 6.61 Å². The summed E-state index contributed by atoms with van der Waals surface area (Å²) in [4.78, 5) is 0. The fraction of sp³-hybridized carbons (Fsp3) is 0.714. The fourth-order valence-electron chi connectivity index (χ4n) is 1.67. The molecule has 0 aromatic rings. The number of hydrogen-bond acceptors (Lipinski definition) is 2. The molecule has 1 aliphatic rings. The average Bonchev–Trinajstić information content (AvgIpc) is 2.26. The maximum Gasteiger partial charge on any atom is 0.158 e. The second-order valence-corrected chi connectivity index (χ2v) is 11.5. The van der Waals surface area contributed by atoms with Crippen LogP contribution in [-0.4, -0.2) is 27.6 Å². The highest BCUT2D eigenvalue weighted by Gasteiger charge is 2.13. The molecule has 0 aromatic carbocycles. The van der Waals surface area contributed by atoms with Crippen molar-refractivity contribution < 1.29 is 9.47 Å². The van der Waals surface area contributed by atoms with Crippen molar-refractivity contribution in [2.24, 2.45) is 0 Å². The van der Waals surface area contributed by atoms with Crippen molar-refractivity contribution >= 4 is 8.07 Å². The van der Waals surface area contributed by atoms with Crippen molar-refractivity contribution in [3.05, 3.63) is 24.3 Å². The first-order valence-electron chi connectivity index (χ1n) is 6.55. The van der Waals surface area contributed by atoms with Gasteiger partial charge >= 0.3 is 0 Å². The van der Waals surface area contributed by atoms with Gasteiger partial charge in [0.2, 0.25) is 0 Å². The van der Waals surface area contributed by atoms with Crippen LogP contribution >= 0.6 is 0 Å². The number of hydrogen-bond donors (Lipinski definition) is 0. The van der Waals surface area contributed by atoms with E-state index in [0.717, 1.165) is 25.0 Å². The summed E-state index contributed by atoms with van der Waals surface area (Å²) < 4.78 is 11.2. The molecule has 1 heterocycles. The Morgan fingerprint density at radius 2 is 2.18 bits per heavy atom. The molecule has 0 N–H and O–H groups in total. The zero-order chi connectivity index (χ0) is 12.7. The first-order valence-corrected chi connectivity index (χ1v) is 10.3. The van der Waals surface area contributed by atoms with E-state index in [-0.39, 0.29) is 6.29 Å². The SMILES string of the molecule is C=C(/C=C/C[Si](C)(C)C)COC1CCCCO1. The van der Waals surface area contributed by atoms with E-state index in [2.05, 4.69) is 38.4 Å². The number of ether oxygens (including phenoxy) is 2. The van der Waals surface area contributed by atoms with Crippen molar-refractivity contribution in [1.82, 2.24) is 0 Å². The van der Waals surface area contributed by atoms with Crippen molar-refractivity contribution in [3.8, 4) is 0 Å². The van der Waals surface area contributed by atoms with Gasteiger partial charge in [-0.05, 0) is 30.9 Å². The minimum absolute atomic E-state index is 0.00843. The molecule has 0 aromatic heterocycles. The average molecular weight is 254 g/mol. The Labute approximate surface area is 107 Å². The standard InChI is InChI=1S/C14H26O2Si/c1-13(8-7-11-17(2,3)4)12-16-14-9-5-6-10-15-14/h7-8,14H,1,5-6,9-12H2,2-4H3/b8-7+. The first kappa shape index (κ1) is 14.7. The van der Waals surface area contributed by atoms with Crippen LogP contribution in [0.15, 0.2) is 24.3 Å². The molecule has 1 rings (SSSR count). The summed E-state index contributed by atoms with van der Waals surface area (Å²) in [6.07, 6.45) is 7.72. The molecule has 3 heteroatoms. The summed E-state index contributed by atoms with van der Waals surface area (Å²) in [5.74, 6) is 0. The molecule has 1 aliphatic heterocycles. The van der Waals surface area contributed by atoms with E-state index in [4.69, 9.17) is 9.47 Å². The lowest BCUT2D eigenvalue weighted by Crippen LogP contribution is -2.22. The van der Waals surface area contributed by atoms with Crippen LogP contribution in [-0.2, 0) is 9.47 Å². The van der Waals surface area contributed by atoms with Gasteiger partial charge < -0.3 is 9.47 Å². The van der Waals surface area contributed by atoms with Crippen molar-refractivity contribution in [2.45, 2.75) is 51.2 Å². The van der Waals surface area contributed by atoms with Crippen LogP contribution in [0.5, 0.6) is 0 Å². The minimum atomic E-state index is -0.973. The zero-order valence-electron chi connectivity index (χ0n) is 11.5. The highest BCUT2D eigenvalue weighted by atomic mass is 28.3. The predicted molar refractivity (Wildman–Crippen MR) is 76.0 cm³/mol. The molecular weight excluding hydrogens is 228 g/mol. The molecule has 0 saturated carbocycles. The lowest BCUT2D eigenvalue weighted by molar-refractivity contribution is -0.156. The summed E-state index contributed by atoms with van der Waals surface area (Å²) in [6, 6.07) is 1.20. The maximum absolute atomic E-state index is 5.67. The van der Waals surface area contributed by atoms with E-state index in [9.17, 15) is 0 Å². The minimum Gasteiger partial charge on any atom is -0.353 e. The van der Waals surface area contributed by atoms with E-state index in [1.54, 1.807) is 0 Å². The highest BCUT2D eigenvalue weighted by Crippen LogP contribution is 2.15. The van der Waals surface area contributed by atoms with E-state index in [1.165, 1.54) is 12.5 Å². The third-order valence-corrected chi connectivity index (χ3v) is 4.14. The van der Waals surface area contributed by atoms with Gasteiger partial charge in [-0.1, -0.05) is 38.4 Å². The van der Waals surface area contributed by atoms with Gasteiger partial charge in [0, 0.05) is 14.7 Å². The lowest BCUT2D eigenvalue weighted by atomic mass is 10.2. The van der Waals surface area contributed by atoms with Crippen LogP contribution in [0, 0.1) is 0 Å². The van der Waals surface area contributed by atoms with Gasteiger partial charge in [0.25, 0.3) is 0 Å². The van der Waals surface area contributed by atoms with Crippen LogP contribution in [0.3, 0.4) is 0 Å². The Hall–Kier alpha value is -0.383. The second kappa shape index (κ2) is 7.14. The Morgan fingerprint density at radius 1 is 1.41 bits per heavy atom. The summed E-state index contributed by atoms with van der Waals surface area (Å²) in [5.41, 5.74) is 1.04. The normalized spacial score (nSPS) is 21.9. The Kier molecular flexibility index (Phi) is 6.16. The van der Waals surface area contributed by atoms with Crippen LogP contribution in [0.2, 0.25) is 25.7 Å². The van der Waals surface area contributed by atoms with Gasteiger partial charge in [0.1, 0.15) is 0 Å². The summed E-state index contributed by atoms with van der Waals surface area (Å²) >= 11 is 0. The topological polar surface area (TPSA) is 18.5 Å². The predicted octanol–water partition coefficient (Wildman–Crippen LogP) is 3.98. The fourth-order valence-corrected chi connectivity index (χ4v) is 2.49. The van der Waals surface area contributed by atoms with Crippen molar-refractivity contribution in [2.75, 3.05) is 13.2 Å². The quantitative estimate of drug-likeness (QED) is 0.527. The van der Waals surface area contributed by atoms with Gasteiger partial charge in [-0.25, -0.2) is 0 Å². The second-order valence-electron chi connectivity index (χ2n) is 5.93. The molecular formula is C14H26O2Si. The largest absolute Gasteiger partial charge is 0.353 e. The highest BCUT2D eigenvalue weighted by molar-refractivity contribution is 6.76. The molecule has 0 bridgehead atoms. The molecule has 1 fully saturated rings. The molecule has 17 heavy (non-hydrogen) atoms. The molecule has 0 spiro atoms. The molecule has 1 atom stereocenters. The van der Waals surface area contributed by atoms with E-state index in [1.807, 2.05) is 0 Å². The third-order valence-electron chi connectivity index (χ3n) is 2.68. The number of allylic oxidation sites excluding steroid dienone is 1. The molecule has 1 saturated heterocycles. The lowest BCUT2D eigenvalue weighted by Gasteiger charge is -2.22. The van der Waals surface area contributed by atoms with Crippen molar-refractivity contribution in [3.63, 3.8) is 0 Å². The number of rotatable bonds is 6. The van der Waals surface area contributed by atoms with E-state index in [0.29, 0.717) is 6.61 Å². The van der Waals surface area contributed by atoms with E-state index >= 15 is 0 Å². The Bertz CT molecular complexity index is 260. The van der Waals surface area contributed by atoms with Gasteiger partial charge in [-0.2, -0.15) is 0 Å². The molecule has 0 radical (unpaired) electrons. The first-order chi connectivity index (χ1) is 7.97. The van der Waals surface area contributed by atoms with Crippen LogP contribution in [0.4, 0.5) is 0 Å². The Morgan fingerprint density at radius 3 is 2.76 bits per heavy atom. The summed E-state index contributed by atoms with van der Waals surface area (Å²) in [7, 11) is -0.973. The van der Waals surface area contributed by atoms with Crippen LogP contribution in [0.25, 0.3) is 0 Å². The van der Waals surface area contributed by atoms with E-state index < -0.39 is 8.07 Å². The van der Waals surface area contributed by atoms with Gasteiger partial charge in [-0.3, -0.25) is 0 Å². The van der Waals surface area contributed by atoms with Crippen molar-refractivity contribution in [1.29, 1.82) is 0 Å². The van der Waals surface area contributed by atoms with Crippen LogP contribution < -0.4 is 0 Å². The summed E-state index contributed by atoms with van der Waals surface area (Å²) in [5, 5.41) is 0. The smallest absolute Gasteiger partial charge is 0.158 e. The maximum atomic E-state index is 5.67. The summed E-state index contributed by atoms with van der Waals surface area (Å²) in [6.45, 7) is 12.5.